The number of nitrogens with two attached hydrogens (primary N) is 1. The average molecular weight is 280 g/mol. The summed E-state index contributed by atoms with van der Waals surface area (Å²) in [6.07, 6.45) is 5.39. The molecule has 21 heavy (non-hydrogen) atoms. The average Bonchev–Trinajstić information content (AvgIpc) is 2.97. The highest BCUT2D eigenvalue weighted by Crippen LogP contribution is 2.50. The van der Waals surface area contributed by atoms with Crippen molar-refractivity contribution in [2.24, 2.45) is 5.92 Å². The van der Waals surface area contributed by atoms with Crippen LogP contribution in [-0.4, -0.2) is 0 Å². The first-order valence-electron chi connectivity index (χ1n) is 7.31. The highest BCUT2D eigenvalue weighted by molar-refractivity contribution is 5.64. The van der Waals surface area contributed by atoms with Gasteiger partial charge >= 0.3 is 0 Å². The zero-order chi connectivity index (χ0) is 14.4. The standard InChI is InChI=1S/C18H17FN2/c19-16-7-2-1-4-14(16)18-13-6-3-5-12(13)15-10-11(20)8-9-17(15)21-18/h1-5,7-10,12-13,18,21H,6,20H2. The molecule has 0 bridgehead atoms. The first-order valence-corrected chi connectivity index (χ1v) is 7.31. The van der Waals surface area contributed by atoms with Crippen LogP contribution < -0.4 is 11.1 Å². The van der Waals surface area contributed by atoms with Gasteiger partial charge in [-0.25, -0.2) is 4.39 Å². The van der Waals surface area contributed by atoms with Crippen molar-refractivity contribution in [3.63, 3.8) is 0 Å². The predicted molar refractivity (Wildman–Crippen MR) is 83.6 cm³/mol. The quantitative estimate of drug-likeness (QED) is 0.606. The van der Waals surface area contributed by atoms with Gasteiger partial charge in [0.25, 0.3) is 0 Å². The Labute approximate surface area is 123 Å². The van der Waals surface area contributed by atoms with Crippen LogP contribution in [0.25, 0.3) is 0 Å². The Balaban J connectivity index is 1.82. The van der Waals surface area contributed by atoms with Crippen molar-refractivity contribution in [1.82, 2.24) is 0 Å². The summed E-state index contributed by atoms with van der Waals surface area (Å²) in [7, 11) is 0. The number of benzene rings is 2. The minimum absolute atomic E-state index is 0.00215. The summed E-state index contributed by atoms with van der Waals surface area (Å²) in [4.78, 5) is 0. The number of rotatable bonds is 1. The molecule has 3 atom stereocenters. The van der Waals surface area contributed by atoms with Gasteiger partial charge < -0.3 is 11.1 Å². The van der Waals surface area contributed by atoms with Crippen molar-refractivity contribution in [1.29, 1.82) is 0 Å². The molecule has 0 fully saturated rings. The fourth-order valence-electron chi connectivity index (χ4n) is 3.65. The summed E-state index contributed by atoms with van der Waals surface area (Å²) in [5.74, 6) is 0.519. The van der Waals surface area contributed by atoms with Crippen molar-refractivity contribution < 1.29 is 4.39 Å². The van der Waals surface area contributed by atoms with Crippen LogP contribution in [-0.2, 0) is 0 Å². The minimum Gasteiger partial charge on any atom is -0.399 e. The zero-order valence-electron chi connectivity index (χ0n) is 11.6. The van der Waals surface area contributed by atoms with Crippen LogP contribution in [0, 0.1) is 11.7 Å². The maximum absolute atomic E-state index is 14.2. The Bertz CT molecular complexity index is 723. The van der Waals surface area contributed by atoms with Crippen molar-refractivity contribution in [3.05, 3.63) is 71.6 Å². The van der Waals surface area contributed by atoms with Gasteiger partial charge in [0.2, 0.25) is 0 Å². The molecular formula is C18H17FN2. The molecule has 2 nitrogen and oxygen atoms in total. The normalized spacial score (nSPS) is 26.0. The molecule has 0 saturated carbocycles. The summed E-state index contributed by atoms with van der Waals surface area (Å²) >= 11 is 0. The predicted octanol–water partition coefficient (Wildman–Crippen LogP) is 4.23. The molecule has 1 heterocycles. The lowest BCUT2D eigenvalue weighted by Gasteiger charge is -2.37. The lowest BCUT2D eigenvalue weighted by Crippen LogP contribution is -2.29. The Morgan fingerprint density at radius 2 is 1.95 bits per heavy atom. The fraction of sp³-hybridized carbons (Fsp3) is 0.222. The molecule has 0 amide bonds. The van der Waals surface area contributed by atoms with E-state index in [2.05, 4.69) is 17.5 Å². The maximum Gasteiger partial charge on any atom is 0.128 e. The van der Waals surface area contributed by atoms with Gasteiger partial charge in [0, 0.05) is 22.9 Å². The second kappa shape index (κ2) is 4.62. The van der Waals surface area contributed by atoms with Crippen LogP contribution in [0.1, 0.15) is 29.5 Å². The second-order valence-electron chi connectivity index (χ2n) is 5.84. The molecule has 3 heteroatoms. The molecule has 1 aliphatic heterocycles. The molecule has 106 valence electrons. The summed E-state index contributed by atoms with van der Waals surface area (Å²) < 4.78 is 14.2. The molecule has 2 aromatic rings. The molecule has 4 rings (SSSR count). The maximum atomic E-state index is 14.2. The minimum atomic E-state index is -0.139. The third kappa shape index (κ3) is 1.92. The molecule has 0 saturated heterocycles. The topological polar surface area (TPSA) is 38.0 Å². The highest BCUT2D eigenvalue weighted by atomic mass is 19.1. The summed E-state index contributed by atoms with van der Waals surface area (Å²) in [5.41, 5.74) is 9.73. The number of halogens is 1. The molecule has 0 radical (unpaired) electrons. The third-order valence-electron chi connectivity index (χ3n) is 4.63. The van der Waals surface area contributed by atoms with Gasteiger partial charge in [0.15, 0.2) is 0 Å². The number of anilines is 2. The molecule has 3 N–H and O–H groups in total. The molecule has 2 aliphatic rings. The van der Waals surface area contributed by atoms with Gasteiger partial charge in [0.1, 0.15) is 5.82 Å². The number of hydrogen-bond acceptors (Lipinski definition) is 2. The van der Waals surface area contributed by atoms with E-state index >= 15 is 0 Å². The van der Waals surface area contributed by atoms with Crippen LogP contribution in [0.15, 0.2) is 54.6 Å². The summed E-state index contributed by atoms with van der Waals surface area (Å²) in [6, 6.07) is 13.0. The zero-order valence-corrected chi connectivity index (χ0v) is 11.6. The first kappa shape index (κ1) is 12.5. The fourth-order valence-corrected chi connectivity index (χ4v) is 3.65. The van der Waals surface area contributed by atoms with E-state index in [-0.39, 0.29) is 11.9 Å². The first-order chi connectivity index (χ1) is 10.2. The Morgan fingerprint density at radius 1 is 1.10 bits per heavy atom. The van der Waals surface area contributed by atoms with E-state index in [1.165, 1.54) is 11.6 Å². The largest absolute Gasteiger partial charge is 0.399 e. The molecular weight excluding hydrogens is 263 g/mol. The Kier molecular flexibility index (Phi) is 2.74. The van der Waals surface area contributed by atoms with E-state index in [0.717, 1.165) is 23.4 Å². The Hall–Kier alpha value is -2.29. The van der Waals surface area contributed by atoms with E-state index in [4.69, 9.17) is 5.73 Å². The van der Waals surface area contributed by atoms with E-state index in [9.17, 15) is 4.39 Å². The highest BCUT2D eigenvalue weighted by Gasteiger charge is 2.38. The molecule has 3 unspecified atom stereocenters. The number of nitrogens with one attached hydrogen (secondary N) is 1. The number of allylic oxidation sites excluding steroid dienone is 2. The van der Waals surface area contributed by atoms with E-state index in [1.54, 1.807) is 6.07 Å². The van der Waals surface area contributed by atoms with Gasteiger partial charge in [-0.2, -0.15) is 0 Å². The third-order valence-corrected chi connectivity index (χ3v) is 4.63. The van der Waals surface area contributed by atoms with Gasteiger partial charge in [0.05, 0.1) is 6.04 Å². The second-order valence-corrected chi connectivity index (χ2v) is 5.84. The van der Waals surface area contributed by atoms with Gasteiger partial charge in [-0.1, -0.05) is 30.4 Å². The van der Waals surface area contributed by atoms with Crippen molar-refractivity contribution in [2.45, 2.75) is 18.4 Å². The summed E-state index contributed by atoms with van der Waals surface area (Å²) in [6.45, 7) is 0. The van der Waals surface area contributed by atoms with Crippen LogP contribution >= 0.6 is 0 Å². The number of nitrogen functional groups attached to an aromatic ring is 1. The van der Waals surface area contributed by atoms with Crippen LogP contribution in [0.5, 0.6) is 0 Å². The molecule has 0 spiro atoms. The van der Waals surface area contributed by atoms with E-state index in [0.29, 0.717) is 11.8 Å². The van der Waals surface area contributed by atoms with E-state index < -0.39 is 0 Å². The molecule has 1 aliphatic carbocycles. The smallest absolute Gasteiger partial charge is 0.128 e. The van der Waals surface area contributed by atoms with Gasteiger partial charge in [-0.3, -0.25) is 0 Å². The van der Waals surface area contributed by atoms with E-state index in [1.807, 2.05) is 30.3 Å². The molecule has 0 aromatic heterocycles. The van der Waals surface area contributed by atoms with Crippen molar-refractivity contribution in [3.8, 4) is 0 Å². The lowest BCUT2D eigenvalue weighted by molar-refractivity contribution is 0.413. The van der Waals surface area contributed by atoms with Crippen LogP contribution in [0.2, 0.25) is 0 Å². The van der Waals surface area contributed by atoms with Gasteiger partial charge in [-0.15, -0.1) is 0 Å². The number of hydrogen-bond donors (Lipinski definition) is 2. The summed E-state index contributed by atoms with van der Waals surface area (Å²) in [5, 5.41) is 3.52. The Morgan fingerprint density at radius 3 is 2.81 bits per heavy atom. The number of fused-ring (bicyclic) bond motifs is 3. The van der Waals surface area contributed by atoms with Crippen LogP contribution in [0.3, 0.4) is 0 Å². The monoisotopic (exact) mass is 280 g/mol. The van der Waals surface area contributed by atoms with Gasteiger partial charge in [-0.05, 0) is 42.2 Å². The van der Waals surface area contributed by atoms with Crippen molar-refractivity contribution >= 4 is 11.4 Å². The van der Waals surface area contributed by atoms with Crippen LogP contribution in [0.4, 0.5) is 15.8 Å². The van der Waals surface area contributed by atoms with Crippen molar-refractivity contribution in [2.75, 3.05) is 11.1 Å². The lowest BCUT2D eigenvalue weighted by atomic mass is 9.77. The molecule has 2 aromatic carbocycles. The SMILES string of the molecule is Nc1ccc2c(c1)C1C=CCC1C(c1ccccc1F)N2.